The summed E-state index contributed by atoms with van der Waals surface area (Å²) < 4.78 is 0. The average molecular weight is 317 g/mol. The molecule has 3 atom stereocenters. The van der Waals surface area contributed by atoms with Crippen LogP contribution in [0.1, 0.15) is 38.8 Å². The van der Waals surface area contributed by atoms with Crippen LogP contribution in [0.5, 0.6) is 0 Å². The van der Waals surface area contributed by atoms with Crippen molar-refractivity contribution in [1.29, 1.82) is 0 Å². The zero-order chi connectivity index (χ0) is 17.0. The topological polar surface area (TPSA) is 75.4 Å². The molecule has 3 N–H and O–H groups in total. The fourth-order valence-electron chi connectivity index (χ4n) is 3.16. The van der Waals surface area contributed by atoms with Gasteiger partial charge in [0.25, 0.3) is 0 Å². The van der Waals surface area contributed by atoms with Crippen LogP contribution in [0.3, 0.4) is 0 Å². The Morgan fingerprint density at radius 2 is 1.91 bits per heavy atom. The molecule has 1 aliphatic heterocycles. The van der Waals surface area contributed by atoms with Crippen LogP contribution < -0.4 is 11.1 Å². The van der Waals surface area contributed by atoms with Crippen LogP contribution in [0.4, 0.5) is 0 Å². The standard InChI is InChI=1S/C18H27N3O2/c1-12(2)18(23)21-10-9-15(13(3)11-21)20-16(17(19)22)14-7-5-4-6-8-14/h4-8,12-13,15-16,20H,9-11H2,1-3H3,(H2,19,22)/t13-,15-,16+/m0/s1. The van der Waals surface area contributed by atoms with Crippen molar-refractivity contribution in [2.24, 2.45) is 17.6 Å². The molecule has 0 spiro atoms. The van der Waals surface area contributed by atoms with Crippen molar-refractivity contribution >= 4 is 11.8 Å². The summed E-state index contributed by atoms with van der Waals surface area (Å²) in [5, 5.41) is 3.40. The molecule has 2 amide bonds. The minimum atomic E-state index is -0.490. The lowest BCUT2D eigenvalue weighted by Gasteiger charge is -2.39. The summed E-state index contributed by atoms with van der Waals surface area (Å²) in [4.78, 5) is 25.9. The van der Waals surface area contributed by atoms with Crippen molar-refractivity contribution in [3.8, 4) is 0 Å². The van der Waals surface area contributed by atoms with E-state index in [4.69, 9.17) is 5.73 Å². The van der Waals surface area contributed by atoms with E-state index < -0.39 is 6.04 Å². The molecule has 23 heavy (non-hydrogen) atoms. The molecule has 1 aliphatic rings. The Morgan fingerprint density at radius 1 is 1.26 bits per heavy atom. The van der Waals surface area contributed by atoms with Crippen molar-refractivity contribution in [1.82, 2.24) is 10.2 Å². The van der Waals surface area contributed by atoms with Gasteiger partial charge in [0, 0.05) is 25.0 Å². The monoisotopic (exact) mass is 317 g/mol. The first kappa shape index (κ1) is 17.5. The highest BCUT2D eigenvalue weighted by Crippen LogP contribution is 2.22. The van der Waals surface area contributed by atoms with Gasteiger partial charge in [-0.1, -0.05) is 51.1 Å². The smallest absolute Gasteiger partial charge is 0.239 e. The van der Waals surface area contributed by atoms with E-state index in [0.29, 0.717) is 0 Å². The van der Waals surface area contributed by atoms with Crippen LogP contribution in [0.2, 0.25) is 0 Å². The first-order valence-electron chi connectivity index (χ1n) is 8.29. The normalized spacial score (nSPS) is 22.9. The molecule has 0 radical (unpaired) electrons. The molecule has 0 aromatic heterocycles. The van der Waals surface area contributed by atoms with Crippen LogP contribution in [0.15, 0.2) is 30.3 Å². The number of hydrogen-bond donors (Lipinski definition) is 2. The number of nitrogens with zero attached hydrogens (tertiary/aromatic N) is 1. The van der Waals surface area contributed by atoms with E-state index in [1.54, 1.807) is 0 Å². The van der Waals surface area contributed by atoms with Gasteiger partial charge in [-0.05, 0) is 17.9 Å². The molecule has 0 bridgehead atoms. The Morgan fingerprint density at radius 3 is 2.43 bits per heavy atom. The summed E-state index contributed by atoms with van der Waals surface area (Å²) in [7, 11) is 0. The van der Waals surface area contributed by atoms with Crippen molar-refractivity contribution in [2.75, 3.05) is 13.1 Å². The maximum absolute atomic E-state index is 12.1. The third-order valence-corrected chi connectivity index (χ3v) is 4.51. The quantitative estimate of drug-likeness (QED) is 0.868. The van der Waals surface area contributed by atoms with E-state index in [1.807, 2.05) is 49.1 Å². The van der Waals surface area contributed by atoms with Gasteiger partial charge >= 0.3 is 0 Å². The number of primary amides is 1. The summed E-state index contributed by atoms with van der Waals surface area (Å²) in [6.07, 6.45) is 0.830. The van der Waals surface area contributed by atoms with Crippen molar-refractivity contribution in [3.63, 3.8) is 0 Å². The number of nitrogens with two attached hydrogens (primary N) is 1. The average Bonchev–Trinajstić information content (AvgIpc) is 2.53. The van der Waals surface area contributed by atoms with E-state index in [2.05, 4.69) is 12.2 Å². The highest BCUT2D eigenvalue weighted by atomic mass is 16.2. The first-order valence-corrected chi connectivity index (χ1v) is 8.29. The van der Waals surface area contributed by atoms with Crippen LogP contribution in [-0.2, 0) is 9.59 Å². The number of nitrogens with one attached hydrogen (secondary N) is 1. The first-order chi connectivity index (χ1) is 10.9. The number of likely N-dealkylation sites (tertiary alicyclic amines) is 1. The second kappa shape index (κ2) is 7.59. The summed E-state index contributed by atoms with van der Waals surface area (Å²) in [5.41, 5.74) is 6.46. The third-order valence-electron chi connectivity index (χ3n) is 4.51. The second-order valence-corrected chi connectivity index (χ2v) is 6.72. The Kier molecular flexibility index (Phi) is 5.77. The van der Waals surface area contributed by atoms with Gasteiger partial charge in [0.05, 0.1) is 0 Å². The largest absolute Gasteiger partial charge is 0.368 e. The number of carbonyl (C=O) groups excluding carboxylic acids is 2. The van der Waals surface area contributed by atoms with Gasteiger partial charge in [-0.3, -0.25) is 14.9 Å². The highest BCUT2D eigenvalue weighted by molar-refractivity contribution is 5.81. The van der Waals surface area contributed by atoms with Crippen LogP contribution in [0, 0.1) is 11.8 Å². The van der Waals surface area contributed by atoms with Gasteiger partial charge in [0.2, 0.25) is 11.8 Å². The third kappa shape index (κ3) is 4.32. The van der Waals surface area contributed by atoms with Gasteiger partial charge in [-0.15, -0.1) is 0 Å². The summed E-state index contributed by atoms with van der Waals surface area (Å²) in [6, 6.07) is 9.22. The number of hydrogen-bond acceptors (Lipinski definition) is 3. The van der Waals surface area contributed by atoms with E-state index in [0.717, 1.165) is 25.1 Å². The molecule has 5 heteroatoms. The van der Waals surface area contributed by atoms with Gasteiger partial charge < -0.3 is 10.6 Å². The van der Waals surface area contributed by atoms with Crippen molar-refractivity contribution in [2.45, 2.75) is 39.3 Å². The van der Waals surface area contributed by atoms with Crippen LogP contribution in [0.25, 0.3) is 0 Å². The molecule has 1 heterocycles. The molecule has 1 aromatic rings. The fourth-order valence-corrected chi connectivity index (χ4v) is 3.16. The zero-order valence-electron chi connectivity index (χ0n) is 14.2. The zero-order valence-corrected chi connectivity index (χ0v) is 14.2. The molecular weight excluding hydrogens is 290 g/mol. The van der Waals surface area contributed by atoms with Gasteiger partial charge in [0.15, 0.2) is 0 Å². The molecule has 5 nitrogen and oxygen atoms in total. The Labute approximate surface area is 138 Å². The molecule has 2 rings (SSSR count). The van der Waals surface area contributed by atoms with Crippen molar-refractivity contribution in [3.05, 3.63) is 35.9 Å². The van der Waals surface area contributed by atoms with E-state index in [1.165, 1.54) is 0 Å². The Hall–Kier alpha value is -1.88. The summed E-state index contributed by atoms with van der Waals surface area (Å²) in [6.45, 7) is 7.40. The molecule has 0 aliphatic carbocycles. The molecule has 1 saturated heterocycles. The van der Waals surface area contributed by atoms with Crippen LogP contribution in [-0.4, -0.2) is 35.8 Å². The molecular formula is C18H27N3O2. The lowest BCUT2D eigenvalue weighted by atomic mass is 9.91. The predicted octanol–water partition coefficient (Wildman–Crippen LogP) is 1.70. The second-order valence-electron chi connectivity index (χ2n) is 6.72. The van der Waals surface area contributed by atoms with Gasteiger partial charge in [-0.2, -0.15) is 0 Å². The Bertz CT molecular complexity index is 544. The van der Waals surface area contributed by atoms with E-state index in [9.17, 15) is 9.59 Å². The molecule has 1 fully saturated rings. The van der Waals surface area contributed by atoms with E-state index >= 15 is 0 Å². The highest BCUT2D eigenvalue weighted by Gasteiger charge is 2.32. The van der Waals surface area contributed by atoms with E-state index in [-0.39, 0.29) is 29.7 Å². The number of piperidine rings is 1. The molecule has 0 unspecified atom stereocenters. The maximum atomic E-state index is 12.1. The SMILES string of the molecule is CC(C)C(=O)N1CC[C@H](N[C@@H](C(N)=O)c2ccccc2)[C@@H](C)C1. The predicted molar refractivity (Wildman–Crippen MR) is 90.5 cm³/mol. The summed E-state index contributed by atoms with van der Waals surface area (Å²) in [5.74, 6) is 0.125. The number of carbonyl (C=O) groups is 2. The van der Waals surface area contributed by atoms with Gasteiger partial charge in [0.1, 0.15) is 6.04 Å². The minimum absolute atomic E-state index is 0.0226. The number of benzene rings is 1. The number of rotatable bonds is 5. The number of amides is 2. The summed E-state index contributed by atoms with van der Waals surface area (Å²) >= 11 is 0. The fraction of sp³-hybridized carbons (Fsp3) is 0.556. The Balaban J connectivity index is 2.02. The minimum Gasteiger partial charge on any atom is -0.368 e. The van der Waals surface area contributed by atoms with Crippen molar-refractivity contribution < 1.29 is 9.59 Å². The molecule has 126 valence electrons. The maximum Gasteiger partial charge on any atom is 0.239 e. The lowest BCUT2D eigenvalue weighted by molar-refractivity contribution is -0.136. The molecule has 1 aromatic carbocycles. The molecule has 0 saturated carbocycles. The van der Waals surface area contributed by atoms with Crippen LogP contribution >= 0.6 is 0 Å². The lowest BCUT2D eigenvalue weighted by Crippen LogP contribution is -2.53. The van der Waals surface area contributed by atoms with Gasteiger partial charge in [-0.25, -0.2) is 0 Å².